The highest BCUT2D eigenvalue weighted by molar-refractivity contribution is 7.99. The van der Waals surface area contributed by atoms with E-state index in [0.717, 1.165) is 16.2 Å². The Hall–Kier alpha value is -2.32. The molecular weight excluding hydrogens is 274 g/mol. The fourth-order valence-electron chi connectivity index (χ4n) is 1.82. The smallest absolute Gasteiger partial charge is 0.223 e. The van der Waals surface area contributed by atoms with E-state index in [1.54, 1.807) is 6.07 Å². The highest BCUT2D eigenvalue weighted by Gasteiger charge is 2.08. The number of hydrazine groups is 1. The molecule has 0 fully saturated rings. The number of imidazole rings is 1. The van der Waals surface area contributed by atoms with Crippen molar-refractivity contribution in [3.05, 3.63) is 29.8 Å². The second-order valence-electron chi connectivity index (χ2n) is 4.26. The van der Waals surface area contributed by atoms with Crippen LogP contribution in [0.5, 0.6) is 0 Å². The maximum atomic E-state index is 5.62. The summed E-state index contributed by atoms with van der Waals surface area (Å²) in [5.74, 6) is 5.96. The van der Waals surface area contributed by atoms with Crippen LogP contribution in [-0.4, -0.2) is 19.9 Å². The molecule has 6 N–H and O–H groups in total. The number of anilines is 2. The standard InChI is InChI=1S/C12H13N7S/c1-6-2-3-7-8(4-6)16-12(15-7)20-10-5-9(19-14)17-11(13)18-10/h2-5H,14H2,1H3,(H,15,16)(H3,13,17,18,19). The van der Waals surface area contributed by atoms with Gasteiger partial charge in [0.1, 0.15) is 10.8 Å². The first kappa shape index (κ1) is 12.7. The summed E-state index contributed by atoms with van der Waals surface area (Å²) in [5, 5.41) is 1.41. The summed E-state index contributed by atoms with van der Waals surface area (Å²) in [7, 11) is 0. The molecule has 2 aromatic heterocycles. The molecule has 0 aliphatic heterocycles. The summed E-state index contributed by atoms with van der Waals surface area (Å²) in [6, 6.07) is 7.76. The van der Waals surface area contributed by atoms with E-state index in [2.05, 4.69) is 25.4 Å². The van der Waals surface area contributed by atoms with Crippen LogP contribution in [0, 0.1) is 6.92 Å². The number of hydrogen-bond donors (Lipinski definition) is 4. The summed E-state index contributed by atoms with van der Waals surface area (Å²) >= 11 is 1.37. The summed E-state index contributed by atoms with van der Waals surface area (Å²) in [5.41, 5.74) is 11.2. The topological polar surface area (TPSA) is 119 Å². The second kappa shape index (κ2) is 4.99. The largest absolute Gasteiger partial charge is 0.368 e. The Morgan fingerprint density at radius 1 is 1.20 bits per heavy atom. The van der Waals surface area contributed by atoms with Crippen LogP contribution in [0.4, 0.5) is 11.8 Å². The average molecular weight is 287 g/mol. The molecule has 0 unspecified atom stereocenters. The Morgan fingerprint density at radius 3 is 2.85 bits per heavy atom. The molecule has 2 heterocycles. The molecule has 0 atom stereocenters. The predicted octanol–water partition coefficient (Wildman–Crippen LogP) is 1.68. The molecular formula is C12H13N7S. The van der Waals surface area contributed by atoms with Crippen LogP contribution in [0.2, 0.25) is 0 Å². The highest BCUT2D eigenvalue weighted by atomic mass is 32.2. The Labute approximate surface area is 119 Å². The van der Waals surface area contributed by atoms with Gasteiger partial charge < -0.3 is 16.1 Å². The number of aromatic amines is 1. The third kappa shape index (κ3) is 2.51. The molecule has 0 aliphatic rings. The summed E-state index contributed by atoms with van der Waals surface area (Å²) in [6.07, 6.45) is 0. The van der Waals surface area contributed by atoms with Crippen molar-refractivity contribution in [2.75, 3.05) is 11.2 Å². The first-order valence-electron chi connectivity index (χ1n) is 5.89. The third-order valence-corrected chi connectivity index (χ3v) is 3.49. The number of fused-ring (bicyclic) bond motifs is 1. The van der Waals surface area contributed by atoms with Crippen LogP contribution >= 0.6 is 11.8 Å². The zero-order chi connectivity index (χ0) is 14.1. The molecule has 20 heavy (non-hydrogen) atoms. The normalized spacial score (nSPS) is 10.9. The lowest BCUT2D eigenvalue weighted by Crippen LogP contribution is -2.10. The summed E-state index contributed by atoms with van der Waals surface area (Å²) < 4.78 is 0. The molecule has 0 radical (unpaired) electrons. The molecule has 0 bridgehead atoms. The van der Waals surface area contributed by atoms with Gasteiger partial charge in [-0.05, 0) is 36.4 Å². The highest BCUT2D eigenvalue weighted by Crippen LogP contribution is 2.27. The minimum atomic E-state index is 0.162. The minimum Gasteiger partial charge on any atom is -0.368 e. The minimum absolute atomic E-state index is 0.162. The predicted molar refractivity (Wildman–Crippen MR) is 79.2 cm³/mol. The number of nitrogens with two attached hydrogens (primary N) is 2. The number of nitrogen functional groups attached to an aromatic ring is 2. The van der Waals surface area contributed by atoms with Gasteiger partial charge in [-0.1, -0.05) is 6.07 Å². The van der Waals surface area contributed by atoms with Crippen molar-refractivity contribution in [3.8, 4) is 0 Å². The van der Waals surface area contributed by atoms with Gasteiger partial charge in [-0.15, -0.1) is 0 Å². The molecule has 8 heteroatoms. The van der Waals surface area contributed by atoms with E-state index >= 15 is 0 Å². The molecule has 0 amide bonds. The van der Waals surface area contributed by atoms with Crippen molar-refractivity contribution in [3.63, 3.8) is 0 Å². The van der Waals surface area contributed by atoms with E-state index in [9.17, 15) is 0 Å². The maximum absolute atomic E-state index is 5.62. The fourth-order valence-corrected chi connectivity index (χ4v) is 2.63. The second-order valence-corrected chi connectivity index (χ2v) is 5.27. The Kier molecular flexibility index (Phi) is 3.17. The quantitative estimate of drug-likeness (QED) is 0.329. The van der Waals surface area contributed by atoms with Gasteiger partial charge in [-0.25, -0.2) is 15.8 Å². The number of H-pyrrole nitrogens is 1. The number of aromatic nitrogens is 4. The van der Waals surface area contributed by atoms with E-state index < -0.39 is 0 Å². The average Bonchev–Trinajstić information content (AvgIpc) is 2.79. The summed E-state index contributed by atoms with van der Waals surface area (Å²) in [4.78, 5) is 15.8. The van der Waals surface area contributed by atoms with E-state index in [4.69, 9.17) is 11.6 Å². The van der Waals surface area contributed by atoms with E-state index in [0.29, 0.717) is 10.8 Å². The molecule has 0 spiro atoms. The van der Waals surface area contributed by atoms with Gasteiger partial charge in [0.05, 0.1) is 11.0 Å². The van der Waals surface area contributed by atoms with Crippen molar-refractivity contribution in [1.29, 1.82) is 0 Å². The maximum Gasteiger partial charge on any atom is 0.223 e. The fraction of sp³-hybridized carbons (Fsp3) is 0.0833. The van der Waals surface area contributed by atoms with E-state index in [1.807, 2.05) is 25.1 Å². The Bertz CT molecular complexity index is 768. The first-order chi connectivity index (χ1) is 9.64. The van der Waals surface area contributed by atoms with Gasteiger partial charge in [0.15, 0.2) is 5.16 Å². The van der Waals surface area contributed by atoms with Crippen molar-refractivity contribution in [1.82, 2.24) is 19.9 Å². The molecule has 0 saturated heterocycles. The van der Waals surface area contributed by atoms with Gasteiger partial charge in [0, 0.05) is 6.07 Å². The van der Waals surface area contributed by atoms with Crippen molar-refractivity contribution >= 4 is 34.6 Å². The van der Waals surface area contributed by atoms with Crippen LogP contribution in [-0.2, 0) is 0 Å². The number of aryl methyl sites for hydroxylation is 1. The van der Waals surface area contributed by atoms with Crippen LogP contribution in [0.15, 0.2) is 34.4 Å². The number of nitrogens with one attached hydrogen (secondary N) is 2. The zero-order valence-corrected chi connectivity index (χ0v) is 11.5. The van der Waals surface area contributed by atoms with Crippen molar-refractivity contribution in [2.24, 2.45) is 5.84 Å². The lowest BCUT2D eigenvalue weighted by molar-refractivity contribution is 1.03. The monoisotopic (exact) mass is 287 g/mol. The Balaban J connectivity index is 1.94. The SMILES string of the molecule is Cc1ccc2nc(Sc3cc(NN)nc(N)n3)[nH]c2c1. The van der Waals surface area contributed by atoms with Gasteiger partial charge in [0.2, 0.25) is 5.95 Å². The van der Waals surface area contributed by atoms with E-state index in [-0.39, 0.29) is 5.95 Å². The van der Waals surface area contributed by atoms with Crippen LogP contribution in [0.1, 0.15) is 5.56 Å². The molecule has 0 aliphatic carbocycles. The number of rotatable bonds is 3. The molecule has 3 rings (SSSR count). The Morgan fingerprint density at radius 2 is 2.05 bits per heavy atom. The molecule has 3 aromatic rings. The van der Waals surface area contributed by atoms with Crippen molar-refractivity contribution < 1.29 is 0 Å². The third-order valence-electron chi connectivity index (χ3n) is 2.68. The van der Waals surface area contributed by atoms with Gasteiger partial charge >= 0.3 is 0 Å². The molecule has 7 nitrogen and oxygen atoms in total. The van der Waals surface area contributed by atoms with Gasteiger partial charge in [-0.2, -0.15) is 4.98 Å². The number of benzene rings is 1. The van der Waals surface area contributed by atoms with Gasteiger partial charge in [-0.3, -0.25) is 0 Å². The lowest BCUT2D eigenvalue weighted by atomic mass is 10.2. The van der Waals surface area contributed by atoms with E-state index in [1.165, 1.54) is 17.3 Å². The first-order valence-corrected chi connectivity index (χ1v) is 6.71. The molecule has 1 aromatic carbocycles. The lowest BCUT2D eigenvalue weighted by Gasteiger charge is -2.02. The molecule has 102 valence electrons. The van der Waals surface area contributed by atoms with Crippen LogP contribution in [0.3, 0.4) is 0 Å². The van der Waals surface area contributed by atoms with Crippen LogP contribution < -0.4 is 17.0 Å². The molecule has 0 saturated carbocycles. The zero-order valence-electron chi connectivity index (χ0n) is 10.7. The summed E-state index contributed by atoms with van der Waals surface area (Å²) in [6.45, 7) is 2.04. The van der Waals surface area contributed by atoms with Crippen LogP contribution in [0.25, 0.3) is 11.0 Å². The van der Waals surface area contributed by atoms with Crippen molar-refractivity contribution in [2.45, 2.75) is 17.1 Å². The number of hydrogen-bond acceptors (Lipinski definition) is 7. The number of nitrogens with zero attached hydrogens (tertiary/aromatic N) is 3. The van der Waals surface area contributed by atoms with Gasteiger partial charge in [0.25, 0.3) is 0 Å².